The summed E-state index contributed by atoms with van der Waals surface area (Å²) in [7, 11) is 0. The minimum atomic E-state index is -2.13. The topological polar surface area (TPSA) is 173 Å². The van der Waals surface area contributed by atoms with Gasteiger partial charge in [0, 0.05) is 24.7 Å². The van der Waals surface area contributed by atoms with E-state index in [0.717, 1.165) is 5.56 Å². The van der Waals surface area contributed by atoms with Crippen LogP contribution in [0.1, 0.15) is 76.8 Å². The zero-order valence-electron chi connectivity index (χ0n) is 30.1. The lowest BCUT2D eigenvalue weighted by atomic mass is 9.92. The van der Waals surface area contributed by atoms with Crippen LogP contribution in [0.4, 0.5) is 5.69 Å². The van der Waals surface area contributed by atoms with Gasteiger partial charge in [0.05, 0.1) is 12.3 Å². The second-order valence-corrected chi connectivity index (χ2v) is 14.2. The number of hydrogen-bond acceptors (Lipinski definition) is 9. The summed E-state index contributed by atoms with van der Waals surface area (Å²) in [6.07, 6.45) is 0.288. The van der Waals surface area contributed by atoms with Crippen LogP contribution < -0.4 is 5.32 Å². The number of ether oxygens (including phenoxy) is 2. The Balaban J connectivity index is 2.00. The lowest BCUT2D eigenvalue weighted by Gasteiger charge is -2.36. The van der Waals surface area contributed by atoms with Crippen molar-refractivity contribution in [2.45, 2.75) is 84.7 Å². The zero-order valence-corrected chi connectivity index (χ0v) is 30.1. The number of carboxylic acids is 1. The second-order valence-electron chi connectivity index (χ2n) is 14.2. The highest BCUT2D eigenvalue weighted by Gasteiger charge is 2.42. The molecular weight excluding hydrogens is 656 g/mol. The molecule has 12 heteroatoms. The Morgan fingerprint density at radius 3 is 1.92 bits per heavy atom. The van der Waals surface area contributed by atoms with E-state index < -0.39 is 71.3 Å². The molecule has 4 unspecified atom stereocenters. The van der Waals surface area contributed by atoms with Gasteiger partial charge in [-0.3, -0.25) is 24.0 Å². The number of para-hydroxylation sites is 1. The Labute approximate surface area is 298 Å². The molecule has 3 N–H and O–H groups in total. The molecule has 1 heterocycles. The number of carbonyl (C=O) groups excluding carboxylic acids is 4. The fourth-order valence-corrected chi connectivity index (χ4v) is 5.14. The predicted octanol–water partition coefficient (Wildman–Crippen LogP) is 5.76. The molecule has 0 aliphatic heterocycles. The summed E-state index contributed by atoms with van der Waals surface area (Å²) in [6.45, 7) is 11.3. The summed E-state index contributed by atoms with van der Waals surface area (Å²) in [5, 5.41) is 23.7. The van der Waals surface area contributed by atoms with E-state index in [0.29, 0.717) is 5.69 Å². The molecule has 2 amide bonds. The summed E-state index contributed by atoms with van der Waals surface area (Å²) in [5.41, 5.74) is -0.561. The second kappa shape index (κ2) is 17.6. The Morgan fingerprint density at radius 2 is 1.37 bits per heavy atom. The fourth-order valence-electron chi connectivity index (χ4n) is 5.14. The molecule has 0 aliphatic rings. The molecule has 51 heavy (non-hydrogen) atoms. The van der Waals surface area contributed by atoms with Gasteiger partial charge in [-0.2, -0.15) is 0 Å². The number of carbonyl (C=O) groups is 5. The van der Waals surface area contributed by atoms with Crippen LogP contribution >= 0.6 is 0 Å². The van der Waals surface area contributed by atoms with Crippen molar-refractivity contribution < 1.29 is 48.1 Å². The maximum Gasteiger partial charge on any atom is 0.313 e. The van der Waals surface area contributed by atoms with Crippen molar-refractivity contribution in [3.8, 4) is 0 Å². The van der Waals surface area contributed by atoms with Gasteiger partial charge in [-0.05, 0) is 78.3 Å². The Morgan fingerprint density at radius 1 is 0.824 bits per heavy atom. The summed E-state index contributed by atoms with van der Waals surface area (Å²) in [5.74, 6) is -7.25. The van der Waals surface area contributed by atoms with E-state index in [2.05, 4.69) is 5.32 Å². The number of rotatable bonds is 15. The molecule has 0 aliphatic carbocycles. The fraction of sp³-hybridized carbons (Fsp3) is 0.410. The van der Waals surface area contributed by atoms with E-state index in [9.17, 15) is 34.2 Å². The standard InChI is InChI=1S/C39H48N2O10/c1-25(29(36(47)50-38(2,3)4)23-28-20-21-31(49-28)34(45)40-27-18-12-9-13-19-27)41(22-14-17-26-15-10-8-11-16-26)35(46)33(44)30(24-32(42)43)37(48)51-39(5,6)7/h8-21,25,29-30,33,44H,22-24H2,1-7H3,(H,40,45)(H,42,43). The highest BCUT2D eigenvalue weighted by atomic mass is 16.6. The van der Waals surface area contributed by atoms with E-state index in [1.165, 1.54) is 11.0 Å². The van der Waals surface area contributed by atoms with Gasteiger partial charge in [0.1, 0.15) is 29.0 Å². The summed E-state index contributed by atoms with van der Waals surface area (Å²) >= 11 is 0. The Kier molecular flexibility index (Phi) is 13.9. The smallest absolute Gasteiger partial charge is 0.313 e. The number of aliphatic hydroxyl groups excluding tert-OH is 1. The molecule has 4 atom stereocenters. The monoisotopic (exact) mass is 704 g/mol. The SMILES string of the molecule is CC(C(Cc1ccc(C(=O)Nc2ccccc2)o1)C(=O)OC(C)(C)C)N(CC=Cc1ccccc1)C(=O)C(O)C(CC(=O)O)C(=O)OC(C)(C)C. The molecule has 0 saturated carbocycles. The van der Waals surface area contributed by atoms with E-state index in [-0.39, 0.29) is 24.5 Å². The van der Waals surface area contributed by atoms with Gasteiger partial charge in [-0.25, -0.2) is 0 Å². The number of hydrogen-bond donors (Lipinski definition) is 3. The van der Waals surface area contributed by atoms with Crippen LogP contribution in [0.2, 0.25) is 0 Å². The van der Waals surface area contributed by atoms with E-state index in [1.807, 2.05) is 36.4 Å². The molecule has 0 bridgehead atoms. The van der Waals surface area contributed by atoms with Crippen LogP contribution in [0.15, 0.2) is 83.3 Å². The molecule has 2 aromatic carbocycles. The van der Waals surface area contributed by atoms with Crippen LogP contribution in [-0.2, 0) is 35.1 Å². The number of esters is 2. The number of nitrogens with zero attached hydrogens (tertiary/aromatic N) is 1. The van der Waals surface area contributed by atoms with Crippen molar-refractivity contribution in [2.75, 3.05) is 11.9 Å². The van der Waals surface area contributed by atoms with Crippen LogP contribution in [0, 0.1) is 11.8 Å². The summed E-state index contributed by atoms with van der Waals surface area (Å²) in [4.78, 5) is 66.9. The van der Waals surface area contributed by atoms with Gasteiger partial charge in [0.25, 0.3) is 11.8 Å². The van der Waals surface area contributed by atoms with Crippen molar-refractivity contribution in [3.05, 3.63) is 96.0 Å². The maximum absolute atomic E-state index is 14.2. The van der Waals surface area contributed by atoms with E-state index in [1.54, 1.807) is 91.0 Å². The van der Waals surface area contributed by atoms with E-state index in [4.69, 9.17) is 13.9 Å². The summed E-state index contributed by atoms with van der Waals surface area (Å²) < 4.78 is 17.0. The van der Waals surface area contributed by atoms with Crippen molar-refractivity contribution in [1.82, 2.24) is 4.90 Å². The first-order valence-electron chi connectivity index (χ1n) is 16.7. The number of anilines is 1. The number of carboxylic acid groups (broad SMARTS) is 1. The minimum Gasteiger partial charge on any atom is -0.481 e. The molecular formula is C39H48N2O10. The van der Waals surface area contributed by atoms with Crippen molar-refractivity contribution in [1.29, 1.82) is 0 Å². The molecule has 1 aromatic heterocycles. The summed E-state index contributed by atoms with van der Waals surface area (Å²) in [6, 6.07) is 20.0. The van der Waals surface area contributed by atoms with Crippen LogP contribution in [-0.4, -0.2) is 74.7 Å². The molecule has 0 spiro atoms. The first-order chi connectivity index (χ1) is 23.8. The molecule has 12 nitrogen and oxygen atoms in total. The van der Waals surface area contributed by atoms with Crippen LogP contribution in [0.25, 0.3) is 6.08 Å². The lowest BCUT2D eigenvalue weighted by Crippen LogP contribution is -2.53. The Hall–Kier alpha value is -5.23. The quantitative estimate of drug-likeness (QED) is 0.165. The average Bonchev–Trinajstić information content (AvgIpc) is 3.52. The molecule has 0 radical (unpaired) electrons. The molecule has 3 rings (SSSR count). The lowest BCUT2D eigenvalue weighted by molar-refractivity contribution is -0.173. The number of amides is 2. The number of benzene rings is 2. The third kappa shape index (κ3) is 12.9. The minimum absolute atomic E-state index is 0.00697. The van der Waals surface area contributed by atoms with Gasteiger partial charge in [0.2, 0.25) is 0 Å². The number of aliphatic carboxylic acids is 1. The molecule has 0 saturated heterocycles. The predicted molar refractivity (Wildman–Crippen MR) is 190 cm³/mol. The molecule has 3 aromatic rings. The normalized spacial score (nSPS) is 14.2. The van der Waals surface area contributed by atoms with Gasteiger partial charge in [-0.1, -0.05) is 60.7 Å². The van der Waals surface area contributed by atoms with Gasteiger partial charge in [0.15, 0.2) is 5.76 Å². The zero-order chi connectivity index (χ0) is 37.9. The average molecular weight is 705 g/mol. The van der Waals surface area contributed by atoms with E-state index >= 15 is 0 Å². The van der Waals surface area contributed by atoms with Crippen molar-refractivity contribution in [2.24, 2.45) is 11.8 Å². The van der Waals surface area contributed by atoms with Crippen molar-refractivity contribution >= 4 is 41.5 Å². The maximum atomic E-state index is 14.2. The van der Waals surface area contributed by atoms with Gasteiger partial charge < -0.3 is 34.3 Å². The highest BCUT2D eigenvalue weighted by molar-refractivity contribution is 6.02. The third-order valence-electron chi connectivity index (χ3n) is 7.55. The first-order valence-corrected chi connectivity index (χ1v) is 16.7. The Bertz CT molecular complexity index is 1670. The van der Waals surface area contributed by atoms with Crippen LogP contribution in [0.3, 0.4) is 0 Å². The number of aliphatic hydroxyl groups is 1. The number of furan rings is 1. The van der Waals surface area contributed by atoms with Gasteiger partial charge >= 0.3 is 17.9 Å². The molecule has 274 valence electrons. The van der Waals surface area contributed by atoms with Crippen molar-refractivity contribution in [3.63, 3.8) is 0 Å². The largest absolute Gasteiger partial charge is 0.481 e. The number of nitrogens with one attached hydrogen (secondary N) is 1. The molecule has 0 fully saturated rings. The third-order valence-corrected chi connectivity index (χ3v) is 7.55. The highest BCUT2D eigenvalue weighted by Crippen LogP contribution is 2.26. The van der Waals surface area contributed by atoms with Crippen LogP contribution in [0.5, 0.6) is 0 Å². The first kappa shape index (κ1) is 40.2. The van der Waals surface area contributed by atoms with Gasteiger partial charge in [-0.15, -0.1) is 0 Å².